The lowest BCUT2D eigenvalue weighted by Gasteiger charge is -2.27. The van der Waals surface area contributed by atoms with E-state index in [1.54, 1.807) is 0 Å². The van der Waals surface area contributed by atoms with Crippen LogP contribution in [0.15, 0.2) is 54.7 Å². The Hall–Kier alpha value is -2.57. The molecule has 1 fully saturated rings. The number of halogens is 3. The van der Waals surface area contributed by atoms with Crippen molar-refractivity contribution in [2.45, 2.75) is 42.4 Å². The largest absolute Gasteiger partial charge is 0.409 e. The number of carbonyl (C=O) groups is 1. The van der Waals surface area contributed by atoms with Crippen LogP contribution in [0, 0.1) is 11.3 Å². The summed E-state index contributed by atoms with van der Waals surface area (Å²) in [6.07, 6.45) is -2.35. The number of nitrogens with zero attached hydrogens (tertiary/aromatic N) is 2. The van der Waals surface area contributed by atoms with Crippen LogP contribution in [0.5, 0.6) is 0 Å². The zero-order valence-corrected chi connectivity index (χ0v) is 16.8. The van der Waals surface area contributed by atoms with Crippen LogP contribution < -0.4 is 10.6 Å². The van der Waals surface area contributed by atoms with Gasteiger partial charge in [-0.25, -0.2) is 0 Å². The Bertz CT molecular complexity index is 883. The number of thioether (sulfide) groups is 1. The van der Waals surface area contributed by atoms with Gasteiger partial charge in [-0.15, -0.1) is 0 Å². The molecule has 1 heterocycles. The van der Waals surface area contributed by atoms with Gasteiger partial charge < -0.3 is 5.32 Å². The van der Waals surface area contributed by atoms with E-state index < -0.39 is 29.7 Å². The molecular weight excluding hydrogens is 413 g/mol. The average molecular weight is 434 g/mol. The molecule has 2 atom stereocenters. The molecule has 1 saturated carbocycles. The van der Waals surface area contributed by atoms with Gasteiger partial charge in [0.15, 0.2) is 0 Å². The summed E-state index contributed by atoms with van der Waals surface area (Å²) in [6, 6.07) is 12.5. The van der Waals surface area contributed by atoms with Gasteiger partial charge in [-0.1, -0.05) is 36.4 Å². The molecule has 9 heteroatoms. The van der Waals surface area contributed by atoms with E-state index in [9.17, 15) is 23.2 Å². The maximum atomic E-state index is 13.7. The molecule has 3 rings (SSSR count). The number of pyridine rings is 1. The van der Waals surface area contributed by atoms with Crippen LogP contribution >= 0.6 is 11.8 Å². The number of aromatic nitrogens is 1. The van der Waals surface area contributed by atoms with Gasteiger partial charge in [0.1, 0.15) is 11.6 Å². The molecule has 1 aliphatic carbocycles. The summed E-state index contributed by atoms with van der Waals surface area (Å²) in [5.74, 6) is 0.0530. The van der Waals surface area contributed by atoms with Gasteiger partial charge >= 0.3 is 6.18 Å². The third kappa shape index (κ3) is 5.97. The summed E-state index contributed by atoms with van der Waals surface area (Å²) in [5, 5.41) is 14.3. The van der Waals surface area contributed by atoms with Gasteiger partial charge in [-0.2, -0.15) is 30.2 Å². The van der Waals surface area contributed by atoms with E-state index in [4.69, 9.17) is 0 Å². The first-order valence-corrected chi connectivity index (χ1v) is 10.6. The SMILES string of the molecule is N#CC1(NC(=O)[C@H](CSCc2ccccc2)NC(c2ccccn2)C(F)(F)F)CC1. The molecule has 158 valence electrons. The van der Waals surface area contributed by atoms with Crippen LogP contribution in [0.2, 0.25) is 0 Å². The van der Waals surface area contributed by atoms with Crippen molar-refractivity contribution in [3.8, 4) is 6.07 Å². The Balaban J connectivity index is 1.74. The van der Waals surface area contributed by atoms with E-state index in [0.29, 0.717) is 18.6 Å². The predicted molar refractivity (Wildman–Crippen MR) is 108 cm³/mol. The second-order valence-electron chi connectivity index (χ2n) is 7.13. The van der Waals surface area contributed by atoms with Crippen molar-refractivity contribution in [1.29, 1.82) is 5.26 Å². The highest BCUT2D eigenvalue weighted by molar-refractivity contribution is 7.98. The maximum Gasteiger partial charge on any atom is 0.409 e. The molecule has 2 N–H and O–H groups in total. The molecule has 0 spiro atoms. The van der Waals surface area contributed by atoms with Crippen LogP contribution in [-0.2, 0) is 10.5 Å². The van der Waals surface area contributed by atoms with E-state index in [1.165, 1.54) is 36.2 Å². The number of amides is 1. The summed E-state index contributed by atoms with van der Waals surface area (Å²) in [6.45, 7) is 0. The summed E-state index contributed by atoms with van der Waals surface area (Å²) >= 11 is 1.35. The number of hydrogen-bond acceptors (Lipinski definition) is 5. The second-order valence-corrected chi connectivity index (χ2v) is 8.16. The third-order valence-electron chi connectivity index (χ3n) is 4.72. The fourth-order valence-corrected chi connectivity index (χ4v) is 3.91. The minimum absolute atomic E-state index is 0.113. The average Bonchev–Trinajstić information content (AvgIpc) is 3.51. The molecule has 1 amide bonds. The predicted octanol–water partition coefficient (Wildman–Crippen LogP) is 3.75. The first-order chi connectivity index (χ1) is 14.3. The Labute approximate surface area is 177 Å². The fraction of sp³-hybridized carbons (Fsp3) is 0.381. The molecule has 5 nitrogen and oxygen atoms in total. The first kappa shape index (κ1) is 22.1. The minimum Gasteiger partial charge on any atom is -0.336 e. The number of hydrogen-bond donors (Lipinski definition) is 2. The highest BCUT2D eigenvalue weighted by Crippen LogP contribution is 2.35. The lowest BCUT2D eigenvalue weighted by atomic mass is 10.1. The van der Waals surface area contributed by atoms with E-state index in [0.717, 1.165) is 5.56 Å². The quantitative estimate of drug-likeness (QED) is 0.629. The van der Waals surface area contributed by atoms with Gasteiger partial charge in [0.05, 0.1) is 17.8 Å². The molecule has 0 saturated heterocycles. The molecule has 30 heavy (non-hydrogen) atoms. The van der Waals surface area contributed by atoms with Crippen molar-refractivity contribution in [2.75, 3.05) is 5.75 Å². The second kappa shape index (κ2) is 9.49. The molecule has 0 aliphatic heterocycles. The van der Waals surface area contributed by atoms with Crippen molar-refractivity contribution in [2.24, 2.45) is 0 Å². The number of alkyl halides is 3. The smallest absolute Gasteiger partial charge is 0.336 e. The molecule has 0 radical (unpaired) electrons. The van der Waals surface area contributed by atoms with Crippen LogP contribution in [0.3, 0.4) is 0 Å². The Morgan fingerprint density at radius 2 is 1.90 bits per heavy atom. The van der Waals surface area contributed by atoms with Gasteiger partial charge in [0.25, 0.3) is 0 Å². The van der Waals surface area contributed by atoms with Crippen molar-refractivity contribution >= 4 is 17.7 Å². The van der Waals surface area contributed by atoms with Crippen LogP contribution in [0.1, 0.15) is 30.1 Å². The summed E-state index contributed by atoms with van der Waals surface area (Å²) in [4.78, 5) is 16.6. The molecule has 1 unspecified atom stereocenters. The lowest BCUT2D eigenvalue weighted by molar-refractivity contribution is -0.161. The Morgan fingerprint density at radius 3 is 2.47 bits per heavy atom. The van der Waals surface area contributed by atoms with E-state index >= 15 is 0 Å². The van der Waals surface area contributed by atoms with Crippen molar-refractivity contribution in [3.63, 3.8) is 0 Å². The Morgan fingerprint density at radius 1 is 1.20 bits per heavy atom. The van der Waals surface area contributed by atoms with Gasteiger partial charge in [0.2, 0.25) is 5.91 Å². The third-order valence-corrected chi connectivity index (χ3v) is 5.82. The number of carbonyl (C=O) groups excluding carboxylic acids is 1. The molecule has 2 aromatic rings. The molecule has 1 aliphatic rings. The van der Waals surface area contributed by atoms with E-state index in [1.807, 2.05) is 36.4 Å². The summed E-state index contributed by atoms with van der Waals surface area (Å²) in [5.41, 5.74) is -0.161. The van der Waals surface area contributed by atoms with E-state index in [-0.39, 0.29) is 11.4 Å². The fourth-order valence-electron chi connectivity index (χ4n) is 2.88. The normalized spacial score (nSPS) is 16.9. The van der Waals surface area contributed by atoms with Crippen LogP contribution in [-0.4, -0.2) is 34.4 Å². The zero-order valence-electron chi connectivity index (χ0n) is 16.0. The van der Waals surface area contributed by atoms with Crippen molar-refractivity contribution in [3.05, 3.63) is 66.0 Å². The monoisotopic (exact) mass is 434 g/mol. The highest BCUT2D eigenvalue weighted by atomic mass is 32.2. The van der Waals surface area contributed by atoms with Crippen molar-refractivity contribution in [1.82, 2.24) is 15.6 Å². The molecule has 1 aromatic heterocycles. The van der Waals surface area contributed by atoms with Crippen LogP contribution in [0.4, 0.5) is 13.2 Å². The first-order valence-electron chi connectivity index (χ1n) is 9.42. The zero-order chi connectivity index (χ0) is 21.6. The maximum absolute atomic E-state index is 13.7. The van der Waals surface area contributed by atoms with Crippen molar-refractivity contribution < 1.29 is 18.0 Å². The molecule has 1 aromatic carbocycles. The summed E-state index contributed by atoms with van der Waals surface area (Å²) < 4.78 is 41.2. The highest BCUT2D eigenvalue weighted by Gasteiger charge is 2.47. The number of nitriles is 1. The van der Waals surface area contributed by atoms with Gasteiger partial charge in [0, 0.05) is 17.7 Å². The Kier molecular flexibility index (Phi) is 7.00. The number of benzene rings is 1. The number of rotatable bonds is 9. The van der Waals surface area contributed by atoms with Gasteiger partial charge in [-0.3, -0.25) is 15.1 Å². The molecular formula is C21H21F3N4OS. The van der Waals surface area contributed by atoms with Gasteiger partial charge in [-0.05, 0) is 30.5 Å². The molecule has 0 bridgehead atoms. The summed E-state index contributed by atoms with van der Waals surface area (Å²) in [7, 11) is 0. The van der Waals surface area contributed by atoms with E-state index in [2.05, 4.69) is 15.6 Å². The minimum atomic E-state index is -4.64. The standard InChI is InChI=1S/C21H21F3N4OS/c22-21(23,24)18(16-8-4-5-11-26-16)27-17(19(29)28-20(14-25)9-10-20)13-30-12-15-6-2-1-3-7-15/h1-8,11,17-18,27H,9-10,12-13H2,(H,28,29)/t17-,18?/m0/s1. The topological polar surface area (TPSA) is 77.8 Å². The lowest BCUT2D eigenvalue weighted by Crippen LogP contribution is -2.53. The number of nitrogens with one attached hydrogen (secondary N) is 2. The van der Waals surface area contributed by atoms with Crippen LogP contribution in [0.25, 0.3) is 0 Å².